The molecular formula is C12H15BrN4. The largest absolute Gasteiger partial charge is 0.317 e. The maximum absolute atomic E-state index is 4.14. The quantitative estimate of drug-likeness (QED) is 0.940. The third kappa shape index (κ3) is 2.73. The lowest BCUT2D eigenvalue weighted by Crippen LogP contribution is -2.24. The molecule has 0 radical (unpaired) electrons. The summed E-state index contributed by atoms with van der Waals surface area (Å²) < 4.78 is 2.89. The van der Waals surface area contributed by atoms with Crippen molar-refractivity contribution in [3.8, 4) is 5.69 Å². The van der Waals surface area contributed by atoms with Gasteiger partial charge in [0.05, 0.1) is 17.6 Å². The fourth-order valence-corrected chi connectivity index (χ4v) is 2.09. The highest BCUT2D eigenvalue weighted by Crippen LogP contribution is 2.21. The van der Waals surface area contributed by atoms with Crippen LogP contribution in [0.4, 0.5) is 0 Å². The Balaban J connectivity index is 2.34. The average molecular weight is 295 g/mol. The topological polar surface area (TPSA) is 42.7 Å². The van der Waals surface area contributed by atoms with E-state index in [1.54, 1.807) is 0 Å². The van der Waals surface area contributed by atoms with E-state index in [1.807, 2.05) is 42.2 Å². The van der Waals surface area contributed by atoms with Crippen LogP contribution in [0, 0.1) is 0 Å². The molecule has 1 heterocycles. The van der Waals surface area contributed by atoms with Gasteiger partial charge in [0.1, 0.15) is 0 Å². The lowest BCUT2D eigenvalue weighted by molar-refractivity contribution is 0.587. The van der Waals surface area contributed by atoms with Crippen molar-refractivity contribution in [2.75, 3.05) is 7.05 Å². The second kappa shape index (κ2) is 5.42. The van der Waals surface area contributed by atoms with Crippen molar-refractivity contribution >= 4 is 15.9 Å². The zero-order valence-electron chi connectivity index (χ0n) is 9.89. The lowest BCUT2D eigenvalue weighted by atomic mass is 10.2. The molecule has 0 aliphatic carbocycles. The Bertz CT molecular complexity index is 495. The number of aromatic nitrogens is 3. The van der Waals surface area contributed by atoms with E-state index in [9.17, 15) is 0 Å². The van der Waals surface area contributed by atoms with E-state index in [1.165, 1.54) is 0 Å². The molecule has 1 aromatic carbocycles. The first-order valence-electron chi connectivity index (χ1n) is 5.54. The number of hydrogen-bond acceptors (Lipinski definition) is 3. The SMILES string of the molecule is CNC(C)Cc1cnnn1-c1ccccc1Br. The van der Waals surface area contributed by atoms with Gasteiger partial charge in [-0.3, -0.25) is 0 Å². The van der Waals surface area contributed by atoms with Crippen molar-refractivity contribution in [1.29, 1.82) is 0 Å². The summed E-state index contributed by atoms with van der Waals surface area (Å²) in [5.41, 5.74) is 2.11. The van der Waals surface area contributed by atoms with Gasteiger partial charge in [-0.1, -0.05) is 17.3 Å². The molecule has 2 rings (SSSR count). The van der Waals surface area contributed by atoms with Crippen molar-refractivity contribution in [2.24, 2.45) is 0 Å². The first kappa shape index (κ1) is 12.3. The van der Waals surface area contributed by atoms with E-state index in [0.717, 1.165) is 22.3 Å². The van der Waals surface area contributed by atoms with E-state index in [0.29, 0.717) is 6.04 Å². The molecule has 0 aliphatic rings. The summed E-state index contributed by atoms with van der Waals surface area (Å²) in [5.74, 6) is 0. The predicted molar refractivity (Wildman–Crippen MR) is 71.3 cm³/mol. The number of nitrogens with one attached hydrogen (secondary N) is 1. The molecule has 1 unspecified atom stereocenters. The smallest absolute Gasteiger partial charge is 0.0808 e. The maximum atomic E-state index is 4.14. The van der Waals surface area contributed by atoms with Crippen LogP contribution in [0.1, 0.15) is 12.6 Å². The highest BCUT2D eigenvalue weighted by Gasteiger charge is 2.11. The van der Waals surface area contributed by atoms with Gasteiger partial charge >= 0.3 is 0 Å². The van der Waals surface area contributed by atoms with E-state index in [-0.39, 0.29) is 0 Å². The summed E-state index contributed by atoms with van der Waals surface area (Å²) in [5, 5.41) is 11.4. The molecule has 0 saturated carbocycles. The molecule has 0 bridgehead atoms. The Morgan fingerprint density at radius 2 is 2.18 bits per heavy atom. The average Bonchev–Trinajstić information content (AvgIpc) is 2.77. The van der Waals surface area contributed by atoms with Crippen LogP contribution in [0.15, 0.2) is 34.9 Å². The number of nitrogens with zero attached hydrogens (tertiary/aromatic N) is 3. The van der Waals surface area contributed by atoms with Crippen LogP contribution >= 0.6 is 15.9 Å². The number of halogens is 1. The number of rotatable bonds is 4. The van der Waals surface area contributed by atoms with Gasteiger partial charge in [-0.25, -0.2) is 4.68 Å². The van der Waals surface area contributed by atoms with Crippen LogP contribution in [-0.2, 0) is 6.42 Å². The highest BCUT2D eigenvalue weighted by molar-refractivity contribution is 9.10. The molecule has 1 atom stereocenters. The van der Waals surface area contributed by atoms with Crippen molar-refractivity contribution < 1.29 is 0 Å². The molecule has 1 aromatic heterocycles. The Labute approximate surface area is 109 Å². The molecule has 0 fully saturated rings. The monoisotopic (exact) mass is 294 g/mol. The van der Waals surface area contributed by atoms with E-state index in [2.05, 4.69) is 38.5 Å². The predicted octanol–water partition coefficient (Wildman–Crippen LogP) is 2.18. The molecule has 4 nitrogen and oxygen atoms in total. The third-order valence-corrected chi connectivity index (χ3v) is 3.38. The summed E-state index contributed by atoms with van der Waals surface area (Å²) in [6.07, 6.45) is 2.71. The minimum atomic E-state index is 0.398. The van der Waals surface area contributed by atoms with E-state index in [4.69, 9.17) is 0 Å². The normalized spacial score (nSPS) is 12.6. The Kier molecular flexibility index (Phi) is 3.91. The molecule has 17 heavy (non-hydrogen) atoms. The summed E-state index contributed by atoms with van der Waals surface area (Å²) in [6.45, 7) is 2.14. The Morgan fingerprint density at radius 3 is 2.88 bits per heavy atom. The van der Waals surface area contributed by atoms with Gasteiger partial charge in [0.15, 0.2) is 0 Å². The van der Waals surface area contributed by atoms with Crippen molar-refractivity contribution in [3.63, 3.8) is 0 Å². The molecule has 0 amide bonds. The van der Waals surface area contributed by atoms with Crippen LogP contribution in [0.2, 0.25) is 0 Å². The summed E-state index contributed by atoms with van der Waals surface area (Å²) >= 11 is 3.53. The van der Waals surface area contributed by atoms with E-state index < -0.39 is 0 Å². The van der Waals surface area contributed by atoms with Gasteiger partial charge in [0, 0.05) is 16.9 Å². The minimum absolute atomic E-state index is 0.398. The fourth-order valence-electron chi connectivity index (χ4n) is 1.64. The molecule has 90 valence electrons. The van der Waals surface area contributed by atoms with Gasteiger partial charge in [-0.2, -0.15) is 0 Å². The third-order valence-electron chi connectivity index (χ3n) is 2.71. The lowest BCUT2D eigenvalue weighted by Gasteiger charge is -2.12. The van der Waals surface area contributed by atoms with Crippen LogP contribution in [0.3, 0.4) is 0 Å². The first-order chi connectivity index (χ1) is 8.22. The van der Waals surface area contributed by atoms with Gasteiger partial charge in [-0.15, -0.1) is 5.10 Å². The number of hydrogen-bond donors (Lipinski definition) is 1. The van der Waals surface area contributed by atoms with Gasteiger partial charge < -0.3 is 5.32 Å². The van der Waals surface area contributed by atoms with Crippen molar-refractivity contribution in [3.05, 3.63) is 40.6 Å². The molecule has 0 saturated heterocycles. The zero-order chi connectivity index (χ0) is 12.3. The van der Waals surface area contributed by atoms with Crippen LogP contribution in [-0.4, -0.2) is 28.1 Å². The van der Waals surface area contributed by atoms with Gasteiger partial charge in [-0.05, 0) is 42.0 Å². The summed E-state index contributed by atoms with van der Waals surface area (Å²) in [6, 6.07) is 8.40. The molecule has 0 spiro atoms. The Hall–Kier alpha value is -1.20. The highest BCUT2D eigenvalue weighted by atomic mass is 79.9. The molecule has 0 aliphatic heterocycles. The van der Waals surface area contributed by atoms with E-state index >= 15 is 0 Å². The number of para-hydroxylation sites is 1. The van der Waals surface area contributed by atoms with Crippen molar-refractivity contribution in [1.82, 2.24) is 20.3 Å². The number of likely N-dealkylation sites (N-methyl/N-ethyl adjacent to an activating group) is 1. The van der Waals surface area contributed by atoms with Gasteiger partial charge in [0.25, 0.3) is 0 Å². The van der Waals surface area contributed by atoms with Crippen LogP contribution < -0.4 is 5.32 Å². The zero-order valence-corrected chi connectivity index (χ0v) is 11.5. The maximum Gasteiger partial charge on any atom is 0.0808 e. The second-order valence-corrected chi connectivity index (χ2v) is 4.84. The summed E-state index contributed by atoms with van der Waals surface area (Å²) in [7, 11) is 1.96. The Morgan fingerprint density at radius 1 is 1.41 bits per heavy atom. The molecular weight excluding hydrogens is 280 g/mol. The second-order valence-electron chi connectivity index (χ2n) is 3.98. The molecule has 1 N–H and O–H groups in total. The fraction of sp³-hybridized carbons (Fsp3) is 0.333. The molecule has 5 heteroatoms. The standard InChI is InChI=1S/C12H15BrN4/c1-9(14-2)7-10-8-15-16-17(10)12-6-4-3-5-11(12)13/h3-6,8-9,14H,7H2,1-2H3. The van der Waals surface area contributed by atoms with Crippen LogP contribution in [0.25, 0.3) is 5.69 Å². The summed E-state index contributed by atoms with van der Waals surface area (Å²) in [4.78, 5) is 0. The first-order valence-corrected chi connectivity index (χ1v) is 6.33. The minimum Gasteiger partial charge on any atom is -0.317 e. The van der Waals surface area contributed by atoms with Crippen molar-refractivity contribution in [2.45, 2.75) is 19.4 Å². The van der Waals surface area contributed by atoms with Gasteiger partial charge in [0.2, 0.25) is 0 Å². The number of benzene rings is 1. The van der Waals surface area contributed by atoms with Crippen LogP contribution in [0.5, 0.6) is 0 Å². The molecule has 2 aromatic rings.